The molecule has 3 N–H and O–H groups in total. The predicted octanol–water partition coefficient (Wildman–Crippen LogP) is 11.0. The van der Waals surface area contributed by atoms with Crippen LogP contribution in [-0.4, -0.2) is 133 Å². The average Bonchev–Trinajstić information content (AvgIpc) is 1.47. The van der Waals surface area contributed by atoms with Crippen molar-refractivity contribution >= 4 is 26.1 Å². The van der Waals surface area contributed by atoms with E-state index in [-0.39, 0.29) is 153 Å². The van der Waals surface area contributed by atoms with Gasteiger partial charge in [0, 0.05) is 52.2 Å². The number of ketones is 1. The summed E-state index contributed by atoms with van der Waals surface area (Å²) in [7, 11) is 0. The number of fused-ring (bicyclic) bond motifs is 8. The molecule has 4 spiro atoms. The number of hydrogen-bond acceptors (Lipinski definition) is 14. The van der Waals surface area contributed by atoms with E-state index in [0.717, 1.165) is 83.8 Å². The molecule has 14 aliphatic rings. The van der Waals surface area contributed by atoms with E-state index in [0.29, 0.717) is 47.3 Å². The van der Waals surface area contributed by atoms with Crippen LogP contribution in [0.15, 0.2) is 0 Å². The Kier molecular flexibility index (Phi) is 20.6. The van der Waals surface area contributed by atoms with Crippen molar-refractivity contribution in [2.24, 2.45) is 101 Å². The van der Waals surface area contributed by atoms with Crippen molar-refractivity contribution in [3.63, 3.8) is 0 Å². The van der Waals surface area contributed by atoms with Crippen molar-refractivity contribution in [1.82, 2.24) is 0 Å². The van der Waals surface area contributed by atoms with E-state index < -0.39 is 65.2 Å². The quantitative estimate of drug-likeness (QED) is 0.107. The van der Waals surface area contributed by atoms with E-state index in [2.05, 4.69) is 69.2 Å². The minimum Gasteiger partial charge on any atom is -1.00 e. The van der Waals surface area contributed by atoms with E-state index in [9.17, 15) is 29.7 Å². The largest absolute Gasteiger partial charge is 1.00 e. The summed E-state index contributed by atoms with van der Waals surface area (Å²) in [6.07, 6.45) is 20.9. The number of aliphatic hydroxyl groups is 3. The number of esters is 2. The molecule has 14 rings (SSSR count). The van der Waals surface area contributed by atoms with E-state index in [4.69, 9.17) is 37.9 Å². The van der Waals surface area contributed by atoms with E-state index >= 15 is 0 Å². The predicted molar refractivity (Wildman–Crippen MR) is 352 cm³/mol. The third kappa shape index (κ3) is 10.7. The van der Waals surface area contributed by atoms with Crippen LogP contribution in [0.25, 0.3) is 0 Å². The maximum absolute atomic E-state index is 14.9. The molecule has 519 valence electrons. The van der Waals surface area contributed by atoms with Gasteiger partial charge in [-0.2, -0.15) is 0 Å². The van der Waals surface area contributed by atoms with Crippen molar-refractivity contribution in [1.29, 1.82) is 0 Å². The molecule has 14 nitrogen and oxygen atoms in total. The number of aliphatic hydroxyl groups excluding tert-OH is 1. The molecule has 0 unspecified atom stereocenters. The number of hydrogen-bond donors (Lipinski definition) is 3. The van der Waals surface area contributed by atoms with Crippen molar-refractivity contribution < 1.29 is 98.6 Å². The van der Waals surface area contributed by atoms with Gasteiger partial charge in [0.15, 0.2) is 30.6 Å². The van der Waals surface area contributed by atoms with Crippen LogP contribution in [0.4, 0.5) is 0 Å². The first kappa shape index (κ1) is 75.5. The molecule has 4 heterocycles. The van der Waals surface area contributed by atoms with Crippen molar-refractivity contribution in [2.75, 3.05) is 13.2 Å². The molecule has 4 saturated heterocycles. The van der Waals surface area contributed by atoms with Crippen LogP contribution < -0.4 is 29.6 Å². The first-order valence-corrected chi connectivity index (χ1v) is 35.9. The molecule has 27 atom stereocenters. The molecular formula is C76H127BNaO14. The molecule has 0 aromatic rings. The minimum absolute atomic E-state index is 0. The fourth-order valence-electron chi connectivity index (χ4n) is 26.9. The number of carbonyl (C=O) groups excluding carboxylic acids is 3. The molecular weight excluding hydrogens is 1170 g/mol. The molecule has 0 aromatic carbocycles. The van der Waals surface area contributed by atoms with E-state index in [1.807, 2.05) is 0 Å². The van der Waals surface area contributed by atoms with Crippen LogP contribution in [0.1, 0.15) is 268 Å². The second kappa shape index (κ2) is 25.1. The van der Waals surface area contributed by atoms with Gasteiger partial charge in [-0.25, -0.2) is 0 Å². The van der Waals surface area contributed by atoms with Gasteiger partial charge in [-0.15, -0.1) is 0 Å². The number of carbonyl (C=O) groups is 3. The van der Waals surface area contributed by atoms with Crippen LogP contribution in [-0.2, 0) is 52.3 Å². The van der Waals surface area contributed by atoms with Gasteiger partial charge in [0.25, 0.3) is 0 Å². The van der Waals surface area contributed by atoms with Gasteiger partial charge in [-0.05, 0) is 254 Å². The Hall–Kier alpha value is -0.685. The van der Waals surface area contributed by atoms with Crippen LogP contribution in [0.3, 0.4) is 0 Å². The Labute approximate surface area is 581 Å². The summed E-state index contributed by atoms with van der Waals surface area (Å²) in [5.74, 6) is 2.38. The maximum atomic E-state index is 14.9. The third-order valence-corrected chi connectivity index (χ3v) is 30.8. The SMILES string of the molecule is C.C.CC(=O)O[C@@H]([C@H]1C[C@@H](C)[C@H]2[C@H](O1)C(=O)[C@@]1(C)[C@@H]3CC[C@H]4C(C)(C)[C@@H](O[C@H]5CCCCO5)CC[C@@]45C[C@@]35CC[C@]21C)C(C)(C)O.CC(=O)O[C@@H]([C@H]1C[C@@H](C)[C@H]2[C@H](O1)[C@H](O)[C@@]1(C)[C@@H]3CC[C@H]4C(C)(C)[C@@H](O[C@H]5CCCCO5)CC[C@@]45C[C@@]35CC[C@]21C)C(C)(C)O.[B].[H-].[Na+]. The van der Waals surface area contributed by atoms with Gasteiger partial charge in [-0.3, -0.25) is 14.4 Å². The Balaban J connectivity index is 0.000000227. The number of ether oxygens (including phenoxy) is 8. The monoisotopic (exact) mass is 1300 g/mol. The second-order valence-electron chi connectivity index (χ2n) is 36.1. The summed E-state index contributed by atoms with van der Waals surface area (Å²) in [5.41, 5.74) is -2.02. The summed E-state index contributed by atoms with van der Waals surface area (Å²) < 4.78 is 50.4. The third-order valence-electron chi connectivity index (χ3n) is 30.8. The summed E-state index contributed by atoms with van der Waals surface area (Å²) in [5, 5.41) is 34.5. The molecule has 3 radical (unpaired) electrons. The maximum Gasteiger partial charge on any atom is 1.00 e. The smallest absolute Gasteiger partial charge is 1.00 e. The van der Waals surface area contributed by atoms with Crippen molar-refractivity contribution in [3.05, 3.63) is 0 Å². The van der Waals surface area contributed by atoms with Gasteiger partial charge in [0.2, 0.25) is 0 Å². The first-order valence-electron chi connectivity index (χ1n) is 35.9. The summed E-state index contributed by atoms with van der Waals surface area (Å²) >= 11 is 0. The van der Waals surface area contributed by atoms with Gasteiger partial charge in [0.05, 0.1) is 47.8 Å². The van der Waals surface area contributed by atoms with Gasteiger partial charge in [-0.1, -0.05) is 84.1 Å². The standard InChI is InChI=1S/C37H60O7.C37H58O7.2CH4.B.Na.H/c2*1-21-19-23(31(33(5,6)40)42-22(2)38)43-29-28(21)34(7)16-17-37-20-36(37)15-14-26(44-27-11-9-10-18-41-27)32(3,4)24(36)12-13-25(37)35(34,8)30(29)39;;;;;/h21,23-31,39-40H,9-20H2,1-8H3;21,23-29,31,40H,9-20H2,1-8H3;2*1H4;;;/q;;;;;+1;-1/t21-,23-,24+,25+,26+,27+,28+,29+,30+,31+,34-,35-,36-,37+;21-,23-,24+,25+,26+,27+,28+,29+,31+,34-,35-,36-,37+;;;;;/m11...../s1. The zero-order chi connectivity index (χ0) is 63.3. The van der Waals surface area contributed by atoms with Gasteiger partial charge >= 0.3 is 41.5 Å². The van der Waals surface area contributed by atoms with Crippen molar-refractivity contribution in [3.8, 4) is 0 Å². The Morgan fingerprint density at radius 2 is 0.978 bits per heavy atom. The molecule has 16 heteroatoms. The van der Waals surface area contributed by atoms with Crippen LogP contribution in [0.5, 0.6) is 0 Å². The summed E-state index contributed by atoms with van der Waals surface area (Å²) in [6.45, 7) is 35.1. The normalized spacial score (nSPS) is 50.2. The zero-order valence-electron chi connectivity index (χ0n) is 59.8. The summed E-state index contributed by atoms with van der Waals surface area (Å²) in [4.78, 5) is 39.0. The molecule has 10 aliphatic carbocycles. The summed E-state index contributed by atoms with van der Waals surface area (Å²) in [6, 6.07) is 0. The van der Waals surface area contributed by atoms with Gasteiger partial charge < -0.3 is 54.6 Å². The molecule has 14 fully saturated rings. The van der Waals surface area contributed by atoms with Crippen LogP contribution in [0, 0.1) is 101 Å². The van der Waals surface area contributed by atoms with E-state index in [1.54, 1.807) is 27.7 Å². The van der Waals surface area contributed by atoms with E-state index in [1.165, 1.54) is 71.6 Å². The van der Waals surface area contributed by atoms with Gasteiger partial charge in [0.1, 0.15) is 6.10 Å². The molecule has 10 saturated carbocycles. The topological polar surface area (TPSA) is 186 Å². The first-order chi connectivity index (χ1) is 41.1. The van der Waals surface area contributed by atoms with Crippen molar-refractivity contribution in [2.45, 2.75) is 346 Å². The number of rotatable bonds is 10. The Bertz CT molecular complexity index is 2710. The Morgan fingerprint density at radius 3 is 1.42 bits per heavy atom. The van der Waals surface area contributed by atoms with Crippen LogP contribution in [0.2, 0.25) is 0 Å². The zero-order valence-corrected chi connectivity index (χ0v) is 60.8. The van der Waals surface area contributed by atoms with Crippen LogP contribution >= 0.6 is 0 Å². The number of Topliss-reactive ketones (excluding diaryl/α,β-unsaturated/α-hetero) is 1. The minimum atomic E-state index is -1.27. The average molecular weight is 1300 g/mol. The molecule has 4 aliphatic heterocycles. The molecule has 0 aromatic heterocycles. The fourth-order valence-corrected chi connectivity index (χ4v) is 26.9. The molecule has 0 bridgehead atoms. The Morgan fingerprint density at radius 1 is 0.565 bits per heavy atom. The second-order valence-corrected chi connectivity index (χ2v) is 36.1. The molecule has 0 amide bonds. The fraction of sp³-hybridized carbons (Fsp3) is 0.961. The molecule has 92 heavy (non-hydrogen) atoms.